The number of imidazole rings is 1. The molecule has 3 aromatic heterocycles. The zero-order valence-corrected chi connectivity index (χ0v) is 21.4. The van der Waals surface area contributed by atoms with Gasteiger partial charge in [-0.05, 0) is 24.3 Å². The summed E-state index contributed by atoms with van der Waals surface area (Å²) in [5.41, 5.74) is 7.66. The summed E-state index contributed by atoms with van der Waals surface area (Å²) in [6.07, 6.45) is 1.28. The molecule has 1 amide bonds. The molecule has 1 fully saturated rings. The number of fused-ring (bicyclic) bond motifs is 2. The van der Waals surface area contributed by atoms with Crippen LogP contribution in [0, 0.1) is 0 Å². The van der Waals surface area contributed by atoms with E-state index in [-0.39, 0.29) is 17.9 Å². The number of nitrogen functional groups attached to an aromatic ring is 1. The van der Waals surface area contributed by atoms with Crippen molar-refractivity contribution >= 4 is 44.4 Å². The number of benzene rings is 2. The number of carbonyl (C=O) groups excluding carboxylic acids is 1. The van der Waals surface area contributed by atoms with Gasteiger partial charge >= 0.3 is 0 Å². The third-order valence-corrected chi connectivity index (χ3v) is 7.60. The number of phenolic OH excluding ortho intramolecular Hbond substituents is 2. The number of nitrogens with zero attached hydrogens (tertiary/aromatic N) is 5. The van der Waals surface area contributed by atoms with Crippen molar-refractivity contribution in [3.63, 3.8) is 0 Å². The first-order valence-corrected chi connectivity index (χ1v) is 12.9. The van der Waals surface area contributed by atoms with Gasteiger partial charge in [0.1, 0.15) is 35.2 Å². The van der Waals surface area contributed by atoms with E-state index in [0.717, 1.165) is 10.2 Å². The fraction of sp³-hybridized carbons (Fsp3) is 0.192. The first-order valence-electron chi connectivity index (χ1n) is 12.1. The van der Waals surface area contributed by atoms with Gasteiger partial charge in [-0.15, -0.1) is 11.3 Å². The molecule has 4 unspecified atom stereocenters. The van der Waals surface area contributed by atoms with Gasteiger partial charge < -0.3 is 36.2 Å². The largest absolute Gasteiger partial charge is 0.504 e. The lowest BCUT2D eigenvalue weighted by molar-refractivity contribution is -0.0245. The molecule has 0 saturated carbocycles. The second-order valence-corrected chi connectivity index (χ2v) is 10.1. The summed E-state index contributed by atoms with van der Waals surface area (Å²) < 4.78 is 8.25. The molecule has 14 heteroatoms. The first-order chi connectivity index (χ1) is 19.3. The SMILES string of the molecule is Nc1ncnc2c1ncn2C1OC(/C=C/CNC(=O)c2cc(-c3nc4ccccc4s3)cc(O)c2O)C(O)C1O. The van der Waals surface area contributed by atoms with Crippen LogP contribution in [0.15, 0.2) is 61.2 Å². The number of amides is 1. The van der Waals surface area contributed by atoms with Crippen LogP contribution in [0.25, 0.3) is 32.0 Å². The number of hydrogen-bond donors (Lipinski definition) is 6. The lowest BCUT2D eigenvalue weighted by atomic mass is 10.1. The quantitative estimate of drug-likeness (QED) is 0.130. The van der Waals surface area contributed by atoms with E-state index >= 15 is 0 Å². The molecule has 2 aromatic carbocycles. The molecule has 0 radical (unpaired) electrons. The number of aliphatic hydroxyl groups excluding tert-OH is 2. The summed E-state index contributed by atoms with van der Waals surface area (Å²) in [7, 11) is 0. The van der Waals surface area contributed by atoms with Crippen LogP contribution in [0.1, 0.15) is 16.6 Å². The second kappa shape index (κ2) is 10.2. The molecule has 1 saturated heterocycles. The monoisotopic (exact) mass is 561 g/mol. The molecule has 204 valence electrons. The normalized spacial score (nSPS) is 21.1. The van der Waals surface area contributed by atoms with Crippen LogP contribution in [0.4, 0.5) is 5.82 Å². The molecular formula is C26H23N7O6S. The minimum absolute atomic E-state index is 0.00943. The Morgan fingerprint density at radius 3 is 2.80 bits per heavy atom. The number of phenols is 2. The molecule has 40 heavy (non-hydrogen) atoms. The zero-order valence-electron chi connectivity index (χ0n) is 20.6. The van der Waals surface area contributed by atoms with E-state index in [2.05, 4.69) is 25.3 Å². The Balaban J connectivity index is 1.14. The van der Waals surface area contributed by atoms with Gasteiger partial charge in [-0.25, -0.2) is 19.9 Å². The molecular weight excluding hydrogens is 538 g/mol. The van der Waals surface area contributed by atoms with Gasteiger partial charge in [0.2, 0.25) is 0 Å². The van der Waals surface area contributed by atoms with Gasteiger partial charge in [0.15, 0.2) is 29.2 Å². The van der Waals surface area contributed by atoms with Crippen LogP contribution < -0.4 is 11.1 Å². The number of aliphatic hydroxyl groups is 2. The number of nitrogens with one attached hydrogen (secondary N) is 1. The topological polar surface area (TPSA) is 202 Å². The molecule has 5 aromatic rings. The fourth-order valence-electron chi connectivity index (χ4n) is 4.49. The lowest BCUT2D eigenvalue weighted by Crippen LogP contribution is -2.31. The minimum Gasteiger partial charge on any atom is -0.504 e. The number of nitrogens with two attached hydrogens (primary N) is 1. The van der Waals surface area contributed by atoms with Gasteiger partial charge in [0.25, 0.3) is 5.91 Å². The van der Waals surface area contributed by atoms with Gasteiger partial charge in [0, 0.05) is 12.1 Å². The van der Waals surface area contributed by atoms with E-state index in [1.54, 1.807) is 6.08 Å². The van der Waals surface area contributed by atoms with Crippen molar-refractivity contribution in [2.24, 2.45) is 0 Å². The van der Waals surface area contributed by atoms with E-state index < -0.39 is 41.9 Å². The molecule has 7 N–H and O–H groups in total. The number of ether oxygens (including phenoxy) is 1. The van der Waals surface area contributed by atoms with E-state index in [4.69, 9.17) is 10.5 Å². The predicted molar refractivity (Wildman–Crippen MR) is 146 cm³/mol. The Hall–Kier alpha value is -4.63. The van der Waals surface area contributed by atoms with E-state index in [1.807, 2.05) is 24.3 Å². The Morgan fingerprint density at radius 2 is 1.98 bits per heavy atom. The highest BCUT2D eigenvalue weighted by Gasteiger charge is 2.43. The summed E-state index contributed by atoms with van der Waals surface area (Å²) in [5, 5.41) is 44.9. The smallest absolute Gasteiger partial charge is 0.255 e. The van der Waals surface area contributed by atoms with Crippen molar-refractivity contribution in [3.8, 4) is 22.1 Å². The summed E-state index contributed by atoms with van der Waals surface area (Å²) >= 11 is 1.40. The Kier molecular flexibility index (Phi) is 6.51. The Bertz CT molecular complexity index is 1740. The number of aromatic hydroxyl groups is 2. The van der Waals surface area contributed by atoms with Gasteiger partial charge in [-0.3, -0.25) is 9.36 Å². The zero-order chi connectivity index (χ0) is 28.0. The number of anilines is 1. The highest BCUT2D eigenvalue weighted by Crippen LogP contribution is 2.38. The molecule has 0 bridgehead atoms. The average Bonchev–Trinajstić information content (AvgIpc) is 3.65. The molecule has 1 aliphatic rings. The highest BCUT2D eigenvalue weighted by atomic mass is 32.1. The lowest BCUT2D eigenvalue weighted by Gasteiger charge is -2.16. The van der Waals surface area contributed by atoms with Gasteiger partial charge in [-0.1, -0.05) is 24.3 Å². The number of thiazole rings is 1. The Morgan fingerprint density at radius 1 is 1.15 bits per heavy atom. The molecule has 4 atom stereocenters. The van der Waals surface area contributed by atoms with Crippen LogP contribution >= 0.6 is 11.3 Å². The van der Waals surface area contributed by atoms with Gasteiger partial charge in [0.05, 0.1) is 22.1 Å². The number of aromatic nitrogens is 5. The maximum atomic E-state index is 12.9. The van der Waals surface area contributed by atoms with E-state index in [1.165, 1.54) is 46.8 Å². The fourth-order valence-corrected chi connectivity index (χ4v) is 5.44. The van der Waals surface area contributed by atoms with Crippen molar-refractivity contribution in [3.05, 3.63) is 66.8 Å². The maximum absolute atomic E-state index is 12.9. The van der Waals surface area contributed by atoms with Crippen LogP contribution in [0.2, 0.25) is 0 Å². The summed E-state index contributed by atoms with van der Waals surface area (Å²) in [6, 6.07) is 10.4. The molecule has 1 aliphatic heterocycles. The van der Waals surface area contributed by atoms with Gasteiger partial charge in [-0.2, -0.15) is 0 Å². The molecule has 4 heterocycles. The summed E-state index contributed by atoms with van der Waals surface area (Å²) in [6.45, 7) is 0.00943. The maximum Gasteiger partial charge on any atom is 0.255 e. The van der Waals surface area contributed by atoms with Crippen LogP contribution in [-0.4, -0.2) is 75.7 Å². The number of carbonyl (C=O) groups is 1. The molecule has 13 nitrogen and oxygen atoms in total. The van der Waals surface area contributed by atoms with Crippen molar-refractivity contribution < 1.29 is 30.0 Å². The molecule has 0 spiro atoms. The van der Waals surface area contributed by atoms with Crippen LogP contribution in [0.5, 0.6) is 11.5 Å². The molecule has 0 aliphatic carbocycles. The third kappa shape index (κ3) is 4.48. The average molecular weight is 562 g/mol. The van der Waals surface area contributed by atoms with E-state index in [0.29, 0.717) is 21.7 Å². The van der Waals surface area contributed by atoms with Crippen LogP contribution in [-0.2, 0) is 4.74 Å². The second-order valence-electron chi connectivity index (χ2n) is 9.07. The van der Waals surface area contributed by atoms with Crippen molar-refractivity contribution in [1.82, 2.24) is 29.8 Å². The Labute approximate surface area is 229 Å². The molecule has 6 rings (SSSR count). The number of hydrogen-bond acceptors (Lipinski definition) is 12. The highest BCUT2D eigenvalue weighted by molar-refractivity contribution is 7.21. The van der Waals surface area contributed by atoms with Crippen molar-refractivity contribution in [1.29, 1.82) is 0 Å². The van der Waals surface area contributed by atoms with E-state index in [9.17, 15) is 25.2 Å². The number of rotatable bonds is 6. The minimum atomic E-state index is -1.29. The first kappa shape index (κ1) is 25.6. The van der Waals surface area contributed by atoms with Crippen molar-refractivity contribution in [2.75, 3.05) is 12.3 Å². The standard InChI is InChI=1S/C26H23N7O6S/c27-22-18-23(30-10-29-22)33(11-31-18)26-21(37)20(36)16(39-26)5-3-7-28-24(38)13-8-12(9-15(34)19(13)35)25-32-14-4-1-2-6-17(14)40-25/h1-6,8-11,16,20-21,26,34-37H,7H2,(H,28,38)(H2,27,29,30)/b5-3+. The third-order valence-electron chi connectivity index (χ3n) is 6.52. The predicted octanol–water partition coefficient (Wildman–Crippen LogP) is 1.70. The van der Waals surface area contributed by atoms with Crippen LogP contribution in [0.3, 0.4) is 0 Å². The number of para-hydroxylation sites is 1. The van der Waals surface area contributed by atoms with Crippen molar-refractivity contribution in [2.45, 2.75) is 24.5 Å². The summed E-state index contributed by atoms with van der Waals surface area (Å²) in [4.78, 5) is 29.6. The summed E-state index contributed by atoms with van der Waals surface area (Å²) in [5.74, 6) is -1.45.